The number of aliphatic imine (C=N–C) groups is 1. The number of fused-ring (bicyclic) bond motifs is 1. The standard InChI is InChI=1S/C16H23N3O/c17-16(18-12-6-2-1-3-7-12)19-14-10-11-20-15-9-5-4-8-13(14)15/h4-5,8-9,12,14H,1-3,6-7,10-11H2,(H3,17,18,19). The second-order valence-electron chi connectivity index (χ2n) is 5.68. The number of nitrogens with zero attached hydrogens (tertiary/aromatic N) is 1. The Hall–Kier alpha value is -1.71. The SMILES string of the molecule is NC(=NC1CCOc2ccccc21)NC1CCCCC1. The van der Waals surface area contributed by atoms with Gasteiger partial charge in [0.2, 0.25) is 0 Å². The van der Waals surface area contributed by atoms with Gasteiger partial charge in [0.05, 0.1) is 12.6 Å². The minimum absolute atomic E-state index is 0.121. The Kier molecular flexibility index (Phi) is 4.09. The lowest BCUT2D eigenvalue weighted by Crippen LogP contribution is -2.41. The summed E-state index contributed by atoms with van der Waals surface area (Å²) in [6.45, 7) is 0.710. The zero-order valence-corrected chi connectivity index (χ0v) is 11.8. The summed E-state index contributed by atoms with van der Waals surface area (Å²) in [6.07, 6.45) is 7.25. The molecule has 2 aliphatic rings. The van der Waals surface area contributed by atoms with Crippen LogP contribution in [0, 0.1) is 0 Å². The highest BCUT2D eigenvalue weighted by Gasteiger charge is 2.21. The number of hydrogen-bond donors (Lipinski definition) is 2. The highest BCUT2D eigenvalue weighted by molar-refractivity contribution is 5.78. The molecule has 0 bridgehead atoms. The van der Waals surface area contributed by atoms with Gasteiger partial charge in [-0.2, -0.15) is 0 Å². The maximum Gasteiger partial charge on any atom is 0.189 e. The molecule has 1 aliphatic carbocycles. The molecule has 1 aromatic rings. The molecule has 3 rings (SSSR count). The maximum atomic E-state index is 6.09. The van der Waals surface area contributed by atoms with Gasteiger partial charge in [-0.15, -0.1) is 0 Å². The van der Waals surface area contributed by atoms with E-state index in [0.717, 1.165) is 17.7 Å². The van der Waals surface area contributed by atoms with Crippen molar-refractivity contribution < 1.29 is 4.74 Å². The molecule has 1 atom stereocenters. The van der Waals surface area contributed by atoms with Gasteiger partial charge in [-0.1, -0.05) is 37.5 Å². The number of nitrogens with one attached hydrogen (secondary N) is 1. The summed E-state index contributed by atoms with van der Waals surface area (Å²) in [5, 5.41) is 3.38. The molecule has 1 fully saturated rings. The Morgan fingerprint density at radius 1 is 1.15 bits per heavy atom. The van der Waals surface area contributed by atoms with Crippen molar-refractivity contribution in [2.75, 3.05) is 6.61 Å². The smallest absolute Gasteiger partial charge is 0.189 e. The first-order valence-corrected chi connectivity index (χ1v) is 7.64. The van der Waals surface area contributed by atoms with E-state index in [0.29, 0.717) is 18.6 Å². The topological polar surface area (TPSA) is 59.6 Å². The van der Waals surface area contributed by atoms with Crippen molar-refractivity contribution in [2.24, 2.45) is 10.7 Å². The Bertz CT molecular complexity index is 480. The third kappa shape index (κ3) is 3.06. The lowest BCUT2D eigenvalue weighted by atomic mass is 9.96. The van der Waals surface area contributed by atoms with Crippen LogP contribution in [0.25, 0.3) is 0 Å². The molecule has 108 valence electrons. The fraction of sp³-hybridized carbons (Fsp3) is 0.562. The molecule has 1 heterocycles. The van der Waals surface area contributed by atoms with E-state index in [1.54, 1.807) is 0 Å². The molecule has 0 amide bonds. The minimum atomic E-state index is 0.121. The number of ether oxygens (including phenoxy) is 1. The van der Waals surface area contributed by atoms with Crippen LogP contribution >= 0.6 is 0 Å². The van der Waals surface area contributed by atoms with Crippen molar-refractivity contribution in [3.05, 3.63) is 29.8 Å². The molecule has 20 heavy (non-hydrogen) atoms. The fourth-order valence-electron chi connectivity index (χ4n) is 3.12. The van der Waals surface area contributed by atoms with E-state index in [-0.39, 0.29) is 6.04 Å². The average molecular weight is 273 g/mol. The van der Waals surface area contributed by atoms with Gasteiger partial charge in [-0.3, -0.25) is 0 Å². The van der Waals surface area contributed by atoms with E-state index in [1.807, 2.05) is 18.2 Å². The molecular weight excluding hydrogens is 250 g/mol. The van der Waals surface area contributed by atoms with E-state index in [1.165, 1.54) is 32.1 Å². The molecular formula is C16H23N3O. The quantitative estimate of drug-likeness (QED) is 0.643. The minimum Gasteiger partial charge on any atom is -0.493 e. The molecule has 4 heteroatoms. The number of nitrogens with two attached hydrogens (primary N) is 1. The van der Waals surface area contributed by atoms with Crippen LogP contribution < -0.4 is 15.8 Å². The highest BCUT2D eigenvalue weighted by atomic mass is 16.5. The molecule has 1 aliphatic heterocycles. The van der Waals surface area contributed by atoms with E-state index in [9.17, 15) is 0 Å². The number of para-hydroxylation sites is 1. The first kappa shape index (κ1) is 13.3. The Morgan fingerprint density at radius 3 is 2.80 bits per heavy atom. The molecule has 1 saturated carbocycles. The van der Waals surface area contributed by atoms with Crippen molar-refractivity contribution in [2.45, 2.75) is 50.6 Å². The first-order chi connectivity index (χ1) is 9.83. The second-order valence-corrected chi connectivity index (χ2v) is 5.68. The van der Waals surface area contributed by atoms with Gasteiger partial charge >= 0.3 is 0 Å². The number of benzene rings is 1. The summed E-state index contributed by atoms with van der Waals surface area (Å²) in [4.78, 5) is 4.67. The number of guanidine groups is 1. The van der Waals surface area contributed by atoms with Gasteiger partial charge in [-0.25, -0.2) is 4.99 Å². The van der Waals surface area contributed by atoms with Crippen LogP contribution in [0.4, 0.5) is 0 Å². The van der Waals surface area contributed by atoms with Crippen molar-refractivity contribution in [3.63, 3.8) is 0 Å². The van der Waals surface area contributed by atoms with Gasteiger partial charge in [0.1, 0.15) is 5.75 Å². The molecule has 0 radical (unpaired) electrons. The predicted molar refractivity (Wildman–Crippen MR) is 80.9 cm³/mol. The third-order valence-corrected chi connectivity index (χ3v) is 4.18. The van der Waals surface area contributed by atoms with Crippen molar-refractivity contribution >= 4 is 5.96 Å². The Morgan fingerprint density at radius 2 is 1.95 bits per heavy atom. The van der Waals surface area contributed by atoms with Crippen LogP contribution in [0.3, 0.4) is 0 Å². The molecule has 1 unspecified atom stereocenters. The van der Waals surface area contributed by atoms with E-state index in [4.69, 9.17) is 10.5 Å². The van der Waals surface area contributed by atoms with Gasteiger partial charge in [0.25, 0.3) is 0 Å². The summed E-state index contributed by atoms with van der Waals surface area (Å²) in [5.74, 6) is 1.52. The molecule has 4 nitrogen and oxygen atoms in total. The number of rotatable bonds is 2. The number of hydrogen-bond acceptors (Lipinski definition) is 2. The van der Waals surface area contributed by atoms with Gasteiger partial charge in [0, 0.05) is 18.0 Å². The lowest BCUT2D eigenvalue weighted by Gasteiger charge is -2.26. The molecule has 3 N–H and O–H groups in total. The average Bonchev–Trinajstić information content (AvgIpc) is 2.48. The monoisotopic (exact) mass is 273 g/mol. The Labute approximate surface area is 120 Å². The van der Waals surface area contributed by atoms with Crippen molar-refractivity contribution in [1.82, 2.24) is 5.32 Å². The zero-order chi connectivity index (χ0) is 13.8. The summed E-state index contributed by atoms with van der Waals surface area (Å²) >= 11 is 0. The van der Waals surface area contributed by atoms with Crippen molar-refractivity contribution in [3.8, 4) is 5.75 Å². The highest BCUT2D eigenvalue weighted by Crippen LogP contribution is 2.34. The summed E-state index contributed by atoms with van der Waals surface area (Å²) in [6, 6.07) is 8.73. The van der Waals surface area contributed by atoms with E-state index < -0.39 is 0 Å². The summed E-state index contributed by atoms with van der Waals surface area (Å²) in [5.41, 5.74) is 7.24. The fourth-order valence-corrected chi connectivity index (χ4v) is 3.12. The van der Waals surface area contributed by atoms with E-state index >= 15 is 0 Å². The van der Waals surface area contributed by atoms with Gasteiger partial charge in [0.15, 0.2) is 5.96 Å². The Balaban J connectivity index is 1.68. The van der Waals surface area contributed by atoms with Gasteiger partial charge in [-0.05, 0) is 18.9 Å². The van der Waals surface area contributed by atoms with E-state index in [2.05, 4.69) is 16.4 Å². The zero-order valence-electron chi connectivity index (χ0n) is 11.8. The van der Waals surface area contributed by atoms with Crippen LogP contribution in [0.1, 0.15) is 50.1 Å². The largest absolute Gasteiger partial charge is 0.493 e. The van der Waals surface area contributed by atoms with Crippen LogP contribution in [0.2, 0.25) is 0 Å². The molecule has 1 aromatic carbocycles. The molecule has 0 spiro atoms. The molecule has 0 aromatic heterocycles. The summed E-state index contributed by atoms with van der Waals surface area (Å²) in [7, 11) is 0. The van der Waals surface area contributed by atoms with Crippen LogP contribution in [-0.2, 0) is 0 Å². The van der Waals surface area contributed by atoms with Crippen LogP contribution in [-0.4, -0.2) is 18.6 Å². The predicted octanol–water partition coefficient (Wildman–Crippen LogP) is 2.75. The maximum absolute atomic E-state index is 6.09. The van der Waals surface area contributed by atoms with Crippen LogP contribution in [0.5, 0.6) is 5.75 Å². The lowest BCUT2D eigenvalue weighted by molar-refractivity contribution is 0.269. The first-order valence-electron chi connectivity index (χ1n) is 7.64. The van der Waals surface area contributed by atoms with Crippen LogP contribution in [0.15, 0.2) is 29.3 Å². The molecule has 0 saturated heterocycles. The van der Waals surface area contributed by atoms with Crippen molar-refractivity contribution in [1.29, 1.82) is 0 Å². The second kappa shape index (κ2) is 6.16. The third-order valence-electron chi connectivity index (χ3n) is 4.18. The van der Waals surface area contributed by atoms with Gasteiger partial charge < -0.3 is 15.8 Å². The normalized spacial score (nSPS) is 23.8. The summed E-state index contributed by atoms with van der Waals surface area (Å²) < 4.78 is 5.65.